The molecule has 15 heavy (non-hydrogen) atoms. The number of ether oxygens (including phenoxy) is 1. The van der Waals surface area contributed by atoms with E-state index in [9.17, 15) is 5.11 Å². The largest absolute Gasteiger partial charge is 0.393 e. The monoisotopic (exact) mass is 206 g/mol. The Hall–Kier alpha value is -0.860. The van der Waals surface area contributed by atoms with E-state index in [1.807, 2.05) is 0 Å². The molecule has 2 nitrogen and oxygen atoms in total. The zero-order valence-corrected chi connectivity index (χ0v) is 9.42. The molecule has 1 aliphatic carbocycles. The van der Waals surface area contributed by atoms with Crippen molar-refractivity contribution in [2.75, 3.05) is 13.7 Å². The van der Waals surface area contributed by atoms with Gasteiger partial charge in [0.2, 0.25) is 0 Å². The van der Waals surface area contributed by atoms with Crippen LogP contribution in [0.2, 0.25) is 0 Å². The maximum Gasteiger partial charge on any atom is 0.0951 e. The van der Waals surface area contributed by atoms with Gasteiger partial charge in [0, 0.05) is 13.5 Å². The van der Waals surface area contributed by atoms with Crippen LogP contribution in [0, 0.1) is 6.92 Å². The average molecular weight is 206 g/mol. The summed E-state index contributed by atoms with van der Waals surface area (Å²) in [7, 11) is 1.69. The van der Waals surface area contributed by atoms with Crippen molar-refractivity contribution in [1.29, 1.82) is 0 Å². The first kappa shape index (κ1) is 10.7. The fraction of sp³-hybridized carbons (Fsp3) is 0.538. The molecule has 1 unspecified atom stereocenters. The highest BCUT2D eigenvalue weighted by molar-refractivity contribution is 5.37. The van der Waals surface area contributed by atoms with Gasteiger partial charge in [-0.25, -0.2) is 0 Å². The number of aliphatic hydroxyl groups is 1. The van der Waals surface area contributed by atoms with Gasteiger partial charge in [-0.1, -0.05) is 18.2 Å². The lowest BCUT2D eigenvalue weighted by Crippen LogP contribution is -2.41. The third kappa shape index (κ3) is 1.80. The van der Waals surface area contributed by atoms with Gasteiger partial charge in [0.05, 0.1) is 12.2 Å². The van der Waals surface area contributed by atoms with E-state index in [-0.39, 0.29) is 12.2 Å². The summed E-state index contributed by atoms with van der Waals surface area (Å²) in [6, 6.07) is 6.37. The molecule has 1 aromatic rings. The van der Waals surface area contributed by atoms with Crippen LogP contribution in [-0.4, -0.2) is 24.4 Å². The maximum absolute atomic E-state index is 9.41. The number of hydrogen-bond donors (Lipinski definition) is 1. The van der Waals surface area contributed by atoms with E-state index < -0.39 is 0 Å². The Morgan fingerprint density at radius 1 is 1.47 bits per heavy atom. The molecule has 2 rings (SSSR count). The smallest absolute Gasteiger partial charge is 0.0951 e. The average Bonchev–Trinajstić information content (AvgIpc) is 2.29. The Balaban J connectivity index is 2.34. The first-order chi connectivity index (χ1) is 7.21. The molecule has 0 bridgehead atoms. The third-order valence-corrected chi connectivity index (χ3v) is 3.57. The summed E-state index contributed by atoms with van der Waals surface area (Å²) in [5.41, 5.74) is 3.78. The summed E-state index contributed by atoms with van der Waals surface area (Å²) in [6.07, 6.45) is 2.76. The fourth-order valence-electron chi connectivity index (χ4n) is 2.45. The summed E-state index contributed by atoms with van der Waals surface area (Å²) in [5.74, 6) is 0. The lowest BCUT2D eigenvalue weighted by Gasteiger charge is -2.36. The molecule has 1 atom stereocenters. The number of methoxy groups -OCH3 is 1. The van der Waals surface area contributed by atoms with E-state index in [4.69, 9.17) is 4.74 Å². The molecule has 2 heteroatoms. The van der Waals surface area contributed by atoms with Crippen molar-refractivity contribution in [3.05, 3.63) is 34.9 Å². The second kappa shape index (κ2) is 3.95. The number of benzene rings is 1. The zero-order chi connectivity index (χ0) is 10.9. The topological polar surface area (TPSA) is 29.5 Å². The minimum atomic E-state index is -0.346. The van der Waals surface area contributed by atoms with Crippen LogP contribution >= 0.6 is 0 Å². The fourth-order valence-corrected chi connectivity index (χ4v) is 2.45. The molecule has 1 aliphatic rings. The molecule has 0 radical (unpaired) electrons. The Kier molecular flexibility index (Phi) is 2.81. The summed E-state index contributed by atoms with van der Waals surface area (Å²) >= 11 is 0. The van der Waals surface area contributed by atoms with E-state index >= 15 is 0 Å². The van der Waals surface area contributed by atoms with Crippen molar-refractivity contribution in [2.24, 2.45) is 0 Å². The molecule has 82 valence electrons. The number of aryl methyl sites for hydroxylation is 1. The Bertz CT molecular complexity index is 354. The third-order valence-electron chi connectivity index (χ3n) is 3.57. The molecule has 0 saturated carbocycles. The second-order valence-corrected chi connectivity index (χ2v) is 4.43. The normalized spacial score (nSPS) is 25.0. The molecular weight excluding hydrogens is 188 g/mol. The van der Waals surface area contributed by atoms with E-state index in [2.05, 4.69) is 25.1 Å². The molecule has 0 heterocycles. The van der Waals surface area contributed by atoms with Crippen LogP contribution in [-0.2, 0) is 17.6 Å². The minimum Gasteiger partial charge on any atom is -0.393 e. The molecule has 0 aromatic heterocycles. The second-order valence-electron chi connectivity index (χ2n) is 4.43. The van der Waals surface area contributed by atoms with Gasteiger partial charge in [-0.15, -0.1) is 0 Å². The van der Waals surface area contributed by atoms with Crippen molar-refractivity contribution in [2.45, 2.75) is 31.8 Å². The molecule has 0 aliphatic heterocycles. The molecule has 0 fully saturated rings. The highest BCUT2D eigenvalue weighted by Crippen LogP contribution is 2.32. The van der Waals surface area contributed by atoms with Crippen molar-refractivity contribution in [3.8, 4) is 0 Å². The van der Waals surface area contributed by atoms with Gasteiger partial charge < -0.3 is 9.84 Å². The van der Waals surface area contributed by atoms with Crippen LogP contribution in [0.25, 0.3) is 0 Å². The zero-order valence-electron chi connectivity index (χ0n) is 9.42. The van der Waals surface area contributed by atoms with Crippen molar-refractivity contribution in [1.82, 2.24) is 0 Å². The lowest BCUT2D eigenvalue weighted by molar-refractivity contribution is -0.0607. The number of hydrogen-bond acceptors (Lipinski definition) is 2. The van der Waals surface area contributed by atoms with Crippen LogP contribution in [0.3, 0.4) is 0 Å². The van der Waals surface area contributed by atoms with Crippen LogP contribution in [0.1, 0.15) is 23.1 Å². The minimum absolute atomic E-state index is 0.108. The highest BCUT2D eigenvalue weighted by Gasteiger charge is 2.34. The van der Waals surface area contributed by atoms with E-state index in [1.165, 1.54) is 16.7 Å². The van der Waals surface area contributed by atoms with Gasteiger partial charge in [-0.05, 0) is 36.5 Å². The number of fused-ring (bicyclic) bond motifs is 1. The Morgan fingerprint density at radius 2 is 2.27 bits per heavy atom. The number of aliphatic hydroxyl groups excluding tert-OH is 1. The van der Waals surface area contributed by atoms with Crippen LogP contribution < -0.4 is 0 Å². The maximum atomic E-state index is 9.41. The predicted octanol–water partition coefficient (Wildman–Crippen LogP) is 1.86. The summed E-state index contributed by atoms with van der Waals surface area (Å²) in [6.45, 7) is 2.26. The molecule has 0 spiro atoms. The summed E-state index contributed by atoms with van der Waals surface area (Å²) < 4.78 is 5.47. The SMILES string of the molecule is COC1(CO)CCc2c(C)cccc2C1. The van der Waals surface area contributed by atoms with E-state index in [0.717, 1.165) is 19.3 Å². The van der Waals surface area contributed by atoms with Crippen LogP contribution in [0.5, 0.6) is 0 Å². The molecule has 1 aromatic carbocycles. The molecule has 1 N–H and O–H groups in total. The lowest BCUT2D eigenvalue weighted by atomic mass is 9.79. The number of rotatable bonds is 2. The van der Waals surface area contributed by atoms with E-state index in [1.54, 1.807) is 7.11 Å². The summed E-state index contributed by atoms with van der Waals surface area (Å²) in [5, 5.41) is 9.41. The molecule has 0 amide bonds. The quantitative estimate of drug-likeness (QED) is 0.800. The van der Waals surface area contributed by atoms with Crippen LogP contribution in [0.15, 0.2) is 18.2 Å². The Morgan fingerprint density at radius 3 is 2.93 bits per heavy atom. The standard InChI is InChI=1S/C13H18O2/c1-10-4-3-5-11-8-13(9-14,15-2)7-6-12(10)11/h3-5,14H,6-9H2,1-2H3. The van der Waals surface area contributed by atoms with Crippen LogP contribution in [0.4, 0.5) is 0 Å². The Labute approximate surface area is 90.9 Å². The van der Waals surface area contributed by atoms with Gasteiger partial charge in [0.25, 0.3) is 0 Å². The van der Waals surface area contributed by atoms with Gasteiger partial charge >= 0.3 is 0 Å². The first-order valence-electron chi connectivity index (χ1n) is 5.44. The van der Waals surface area contributed by atoms with Gasteiger partial charge in [-0.3, -0.25) is 0 Å². The summed E-state index contributed by atoms with van der Waals surface area (Å²) in [4.78, 5) is 0. The van der Waals surface area contributed by atoms with Gasteiger partial charge in [0.1, 0.15) is 0 Å². The van der Waals surface area contributed by atoms with Gasteiger partial charge in [0.15, 0.2) is 0 Å². The first-order valence-corrected chi connectivity index (χ1v) is 5.44. The predicted molar refractivity (Wildman–Crippen MR) is 60.0 cm³/mol. The molecule has 0 saturated heterocycles. The van der Waals surface area contributed by atoms with Crippen molar-refractivity contribution in [3.63, 3.8) is 0 Å². The molecular formula is C13H18O2. The van der Waals surface area contributed by atoms with Gasteiger partial charge in [-0.2, -0.15) is 0 Å². The van der Waals surface area contributed by atoms with E-state index in [0.29, 0.717) is 0 Å². The highest BCUT2D eigenvalue weighted by atomic mass is 16.5. The van der Waals surface area contributed by atoms with Crippen molar-refractivity contribution < 1.29 is 9.84 Å². The van der Waals surface area contributed by atoms with Crippen molar-refractivity contribution >= 4 is 0 Å².